The lowest BCUT2D eigenvalue weighted by Gasteiger charge is -2.04. The molecule has 4 nitrogen and oxygen atoms in total. The van der Waals surface area contributed by atoms with Crippen LogP contribution in [-0.2, 0) is 17.5 Å². The van der Waals surface area contributed by atoms with E-state index in [1.165, 1.54) is 17.4 Å². The quantitative estimate of drug-likeness (QED) is 0.674. The predicted molar refractivity (Wildman–Crippen MR) is 72.4 cm³/mol. The fourth-order valence-corrected chi connectivity index (χ4v) is 2.43. The van der Waals surface area contributed by atoms with Crippen LogP contribution in [0.4, 0.5) is 13.2 Å². The Kier molecular flexibility index (Phi) is 3.61. The van der Waals surface area contributed by atoms with Crippen LogP contribution in [0.3, 0.4) is 0 Å². The van der Waals surface area contributed by atoms with E-state index in [9.17, 15) is 18.0 Å². The van der Waals surface area contributed by atoms with E-state index in [1.807, 2.05) is 0 Å². The summed E-state index contributed by atoms with van der Waals surface area (Å²) < 4.78 is 48.1. The molecular weight excluding hydrogens is 319 g/mol. The van der Waals surface area contributed by atoms with E-state index in [-0.39, 0.29) is 23.6 Å². The van der Waals surface area contributed by atoms with Crippen LogP contribution >= 0.6 is 11.3 Å². The van der Waals surface area contributed by atoms with Gasteiger partial charge in [0.15, 0.2) is 12.2 Å². The van der Waals surface area contributed by atoms with E-state index < -0.39 is 17.7 Å². The first-order valence-corrected chi connectivity index (χ1v) is 7.04. The van der Waals surface area contributed by atoms with Crippen LogP contribution in [0.2, 0.25) is 0 Å². The van der Waals surface area contributed by atoms with Crippen molar-refractivity contribution in [3.63, 3.8) is 0 Å². The topological polar surface area (TPSA) is 52.3 Å². The molecule has 0 fully saturated rings. The van der Waals surface area contributed by atoms with Crippen molar-refractivity contribution < 1.29 is 27.1 Å². The Labute approximate surface area is 126 Å². The number of ether oxygens (including phenoxy) is 1. The summed E-state index contributed by atoms with van der Waals surface area (Å²) in [7, 11) is 0. The van der Waals surface area contributed by atoms with Crippen LogP contribution in [0.15, 0.2) is 39.4 Å². The summed E-state index contributed by atoms with van der Waals surface area (Å²) in [4.78, 5) is 15.5. The number of halogens is 3. The summed E-state index contributed by atoms with van der Waals surface area (Å²) in [5.41, 5.74) is -0.137. The summed E-state index contributed by atoms with van der Waals surface area (Å²) in [5, 5.41) is 3.36. The molecule has 0 radical (unpaired) electrons. The van der Waals surface area contributed by atoms with Crippen LogP contribution in [-0.4, -0.2) is 11.0 Å². The zero-order valence-electron chi connectivity index (χ0n) is 10.9. The van der Waals surface area contributed by atoms with E-state index in [0.29, 0.717) is 5.56 Å². The second-order valence-electron chi connectivity index (χ2n) is 4.38. The van der Waals surface area contributed by atoms with Gasteiger partial charge >= 0.3 is 12.1 Å². The summed E-state index contributed by atoms with van der Waals surface area (Å²) in [6.07, 6.45) is -4.45. The number of hydrogen-bond donors (Lipinski definition) is 0. The third kappa shape index (κ3) is 2.96. The molecule has 3 rings (SSSR count). The van der Waals surface area contributed by atoms with Crippen molar-refractivity contribution in [2.75, 3.05) is 0 Å². The molecule has 0 aliphatic carbocycles. The smallest absolute Gasteiger partial charge is 0.416 e. The van der Waals surface area contributed by atoms with Crippen LogP contribution in [0.25, 0.3) is 11.1 Å². The number of hydrogen-bond acceptors (Lipinski definition) is 5. The number of nitrogens with zero attached hydrogens (tertiary/aromatic N) is 1. The molecule has 0 N–H and O–H groups in total. The van der Waals surface area contributed by atoms with Gasteiger partial charge in [-0.05, 0) is 29.6 Å². The summed E-state index contributed by atoms with van der Waals surface area (Å²) in [6.45, 7) is -0.245. The van der Waals surface area contributed by atoms with Gasteiger partial charge < -0.3 is 9.15 Å². The van der Waals surface area contributed by atoms with Crippen LogP contribution in [0.1, 0.15) is 21.8 Å². The first-order chi connectivity index (χ1) is 10.4. The highest BCUT2D eigenvalue weighted by atomic mass is 32.1. The molecule has 3 aromatic rings. The second-order valence-corrected chi connectivity index (χ2v) is 5.16. The predicted octanol–water partition coefficient (Wildman–Crippen LogP) is 4.27. The molecule has 1 aromatic carbocycles. The molecule has 0 bridgehead atoms. The average Bonchev–Trinajstić information content (AvgIpc) is 3.11. The highest BCUT2D eigenvalue weighted by Crippen LogP contribution is 2.31. The maximum atomic E-state index is 12.6. The van der Waals surface area contributed by atoms with Gasteiger partial charge in [-0.1, -0.05) is 0 Å². The molecule has 0 aliphatic heterocycles. The van der Waals surface area contributed by atoms with Crippen LogP contribution < -0.4 is 0 Å². The molecule has 22 heavy (non-hydrogen) atoms. The molecule has 8 heteroatoms. The second kappa shape index (κ2) is 5.45. The normalized spacial score (nSPS) is 11.8. The van der Waals surface area contributed by atoms with Gasteiger partial charge in [0.2, 0.25) is 5.89 Å². The highest BCUT2D eigenvalue weighted by molar-refractivity contribution is 7.08. The number of carbonyl (C=O) groups excluding carboxylic acids is 1. The molecule has 0 atom stereocenters. The average molecular weight is 327 g/mol. The molecule has 2 aromatic heterocycles. The summed E-state index contributed by atoms with van der Waals surface area (Å²) in [6, 6.07) is 4.60. The minimum absolute atomic E-state index is 0.0397. The Hall–Kier alpha value is -2.35. The van der Waals surface area contributed by atoms with Gasteiger partial charge in [-0.25, -0.2) is 9.78 Å². The van der Waals surface area contributed by atoms with Gasteiger partial charge in [0.05, 0.1) is 11.1 Å². The fourth-order valence-electron chi connectivity index (χ4n) is 1.80. The number of oxazole rings is 1. The third-order valence-corrected chi connectivity index (χ3v) is 3.53. The molecule has 0 aliphatic rings. The first kappa shape index (κ1) is 14.6. The van der Waals surface area contributed by atoms with Crippen molar-refractivity contribution in [3.05, 3.63) is 52.0 Å². The monoisotopic (exact) mass is 327 g/mol. The largest absolute Gasteiger partial charge is 0.452 e. The number of thiophene rings is 1. The van der Waals surface area contributed by atoms with E-state index in [1.54, 1.807) is 16.8 Å². The Morgan fingerprint density at radius 3 is 2.82 bits per heavy atom. The summed E-state index contributed by atoms with van der Waals surface area (Å²) >= 11 is 1.35. The van der Waals surface area contributed by atoms with Crippen LogP contribution in [0.5, 0.6) is 0 Å². The Bertz CT molecular complexity index is 808. The maximum Gasteiger partial charge on any atom is 0.416 e. The molecule has 0 saturated carbocycles. The minimum Gasteiger partial charge on any atom is -0.452 e. The number of esters is 1. The Morgan fingerprint density at radius 1 is 1.32 bits per heavy atom. The highest BCUT2D eigenvalue weighted by Gasteiger charge is 2.31. The molecule has 114 valence electrons. The Morgan fingerprint density at radius 2 is 2.14 bits per heavy atom. The molecule has 0 amide bonds. The first-order valence-electron chi connectivity index (χ1n) is 6.09. The lowest BCUT2D eigenvalue weighted by molar-refractivity contribution is -0.137. The van der Waals surface area contributed by atoms with Gasteiger partial charge in [-0.3, -0.25) is 0 Å². The van der Waals surface area contributed by atoms with Gasteiger partial charge in [0.1, 0.15) is 5.52 Å². The number of alkyl halides is 3. The fraction of sp³-hybridized carbons (Fsp3) is 0.143. The molecule has 0 spiro atoms. The van der Waals surface area contributed by atoms with Crippen LogP contribution in [0, 0.1) is 0 Å². The zero-order chi connectivity index (χ0) is 15.7. The maximum absolute atomic E-state index is 12.6. The summed E-state index contributed by atoms with van der Waals surface area (Å²) in [5.74, 6) is -0.502. The number of fused-ring (bicyclic) bond motifs is 1. The van der Waals surface area contributed by atoms with E-state index >= 15 is 0 Å². The number of rotatable bonds is 3. The van der Waals surface area contributed by atoms with Crippen molar-refractivity contribution in [1.29, 1.82) is 0 Å². The van der Waals surface area contributed by atoms with E-state index in [2.05, 4.69) is 4.98 Å². The number of carbonyl (C=O) groups is 1. The van der Waals surface area contributed by atoms with E-state index in [0.717, 1.165) is 12.1 Å². The lowest BCUT2D eigenvalue weighted by atomic mass is 10.2. The molecule has 0 unspecified atom stereocenters. The van der Waals surface area contributed by atoms with Crippen molar-refractivity contribution in [2.24, 2.45) is 0 Å². The van der Waals surface area contributed by atoms with Crippen molar-refractivity contribution in [1.82, 2.24) is 4.98 Å². The standard InChI is InChI=1S/C14H8F3NO3S/c15-14(16,17)9-1-2-11-10(5-9)18-12(21-11)6-20-13(19)8-3-4-22-7-8/h1-5,7H,6H2. The van der Waals surface area contributed by atoms with Gasteiger partial charge in [-0.2, -0.15) is 24.5 Å². The Balaban J connectivity index is 1.76. The number of benzene rings is 1. The molecule has 0 saturated heterocycles. The molecular formula is C14H8F3NO3S. The minimum atomic E-state index is -4.45. The zero-order valence-corrected chi connectivity index (χ0v) is 11.7. The molecule has 2 heterocycles. The SMILES string of the molecule is O=C(OCc1nc2cc(C(F)(F)F)ccc2o1)c1ccsc1. The van der Waals surface area contributed by atoms with Crippen molar-refractivity contribution >= 4 is 28.4 Å². The van der Waals surface area contributed by atoms with Gasteiger partial charge in [-0.15, -0.1) is 0 Å². The lowest BCUT2D eigenvalue weighted by Crippen LogP contribution is -2.04. The van der Waals surface area contributed by atoms with Gasteiger partial charge in [0, 0.05) is 5.38 Å². The van der Waals surface area contributed by atoms with Gasteiger partial charge in [0.25, 0.3) is 0 Å². The van der Waals surface area contributed by atoms with Crippen molar-refractivity contribution in [3.8, 4) is 0 Å². The van der Waals surface area contributed by atoms with Crippen molar-refractivity contribution in [2.45, 2.75) is 12.8 Å². The number of aromatic nitrogens is 1. The van der Waals surface area contributed by atoms with E-state index in [4.69, 9.17) is 9.15 Å². The third-order valence-electron chi connectivity index (χ3n) is 2.84.